The minimum Gasteiger partial charge on any atom is -0.481 e. The molecule has 1 fully saturated rings. The molecule has 1 saturated carbocycles. The number of aryl methyl sites for hydroxylation is 1. The van der Waals surface area contributed by atoms with Gasteiger partial charge in [0.25, 0.3) is 0 Å². The molecular weight excluding hydrogens is 226 g/mol. The smallest absolute Gasteiger partial charge is 0.314 e. The summed E-state index contributed by atoms with van der Waals surface area (Å²) in [5.74, 6) is -0.674. The molecule has 1 aromatic carbocycles. The first-order chi connectivity index (χ1) is 8.47. The molecule has 18 heavy (non-hydrogen) atoms. The second kappa shape index (κ2) is 4.63. The molecule has 0 atom stereocenters. The number of anilines is 1. The van der Waals surface area contributed by atoms with Crippen molar-refractivity contribution in [2.24, 2.45) is 0 Å². The zero-order valence-corrected chi connectivity index (χ0v) is 11.4. The fraction of sp³-hybridized carbons (Fsp3) is 0.533. The first kappa shape index (κ1) is 12.9. The Kier molecular flexibility index (Phi) is 3.33. The van der Waals surface area contributed by atoms with Crippen LogP contribution in [-0.2, 0) is 10.2 Å². The summed E-state index contributed by atoms with van der Waals surface area (Å²) in [7, 11) is 3.95. The van der Waals surface area contributed by atoms with Crippen LogP contribution < -0.4 is 4.90 Å². The van der Waals surface area contributed by atoms with Crippen molar-refractivity contribution in [1.82, 2.24) is 0 Å². The lowest BCUT2D eigenvalue weighted by Gasteiger charge is -2.29. The van der Waals surface area contributed by atoms with Gasteiger partial charge in [0.1, 0.15) is 0 Å². The number of carboxylic acid groups (broad SMARTS) is 1. The lowest BCUT2D eigenvalue weighted by Crippen LogP contribution is -2.34. The Bertz CT molecular complexity index is 460. The van der Waals surface area contributed by atoms with E-state index in [4.69, 9.17) is 0 Å². The Hall–Kier alpha value is -1.51. The Morgan fingerprint density at radius 3 is 2.39 bits per heavy atom. The second-order valence-corrected chi connectivity index (χ2v) is 5.51. The maximum Gasteiger partial charge on any atom is 0.314 e. The first-order valence-electron chi connectivity index (χ1n) is 6.49. The van der Waals surface area contributed by atoms with Crippen LogP contribution in [0, 0.1) is 6.92 Å². The average molecular weight is 247 g/mol. The highest BCUT2D eigenvalue weighted by Crippen LogP contribution is 2.45. The third-order valence-corrected chi connectivity index (χ3v) is 4.02. The first-order valence-corrected chi connectivity index (χ1v) is 6.49. The predicted molar refractivity (Wildman–Crippen MR) is 73.3 cm³/mol. The zero-order chi connectivity index (χ0) is 13.3. The average Bonchev–Trinajstić information content (AvgIpc) is 2.79. The molecule has 0 saturated heterocycles. The van der Waals surface area contributed by atoms with E-state index in [1.54, 1.807) is 0 Å². The number of hydrogen-bond acceptors (Lipinski definition) is 2. The summed E-state index contributed by atoms with van der Waals surface area (Å²) in [6.45, 7) is 2.04. The van der Waals surface area contributed by atoms with Gasteiger partial charge in [-0.3, -0.25) is 4.79 Å². The summed E-state index contributed by atoms with van der Waals surface area (Å²) in [6, 6.07) is 6.10. The second-order valence-electron chi connectivity index (χ2n) is 5.51. The lowest BCUT2D eigenvalue weighted by atomic mass is 9.77. The molecule has 0 radical (unpaired) electrons. The molecule has 0 amide bonds. The van der Waals surface area contributed by atoms with E-state index in [0.717, 1.165) is 36.9 Å². The Morgan fingerprint density at radius 2 is 1.89 bits per heavy atom. The summed E-state index contributed by atoms with van der Waals surface area (Å²) in [4.78, 5) is 13.8. The summed E-state index contributed by atoms with van der Waals surface area (Å²) < 4.78 is 0. The van der Waals surface area contributed by atoms with E-state index in [0.29, 0.717) is 0 Å². The standard InChI is InChI=1S/C15H21NO2/c1-11-6-7-12(13(10-11)16(2)3)15(14(17)18)8-4-5-9-15/h6-7,10H,4-5,8-9H2,1-3H3,(H,17,18). The van der Waals surface area contributed by atoms with Gasteiger partial charge >= 0.3 is 5.97 Å². The molecule has 2 rings (SSSR count). The van der Waals surface area contributed by atoms with Crippen LogP contribution in [0.1, 0.15) is 36.8 Å². The van der Waals surface area contributed by atoms with Gasteiger partial charge in [0.15, 0.2) is 0 Å². The van der Waals surface area contributed by atoms with Crippen molar-refractivity contribution in [1.29, 1.82) is 0 Å². The zero-order valence-electron chi connectivity index (χ0n) is 11.4. The van der Waals surface area contributed by atoms with Gasteiger partial charge in [0.05, 0.1) is 5.41 Å². The maximum absolute atomic E-state index is 11.8. The Balaban J connectivity index is 2.58. The van der Waals surface area contributed by atoms with Crippen LogP contribution in [0.25, 0.3) is 0 Å². The van der Waals surface area contributed by atoms with Crippen molar-refractivity contribution < 1.29 is 9.90 Å². The van der Waals surface area contributed by atoms with E-state index in [1.807, 2.05) is 38.1 Å². The number of carboxylic acids is 1. The topological polar surface area (TPSA) is 40.5 Å². The Morgan fingerprint density at radius 1 is 1.28 bits per heavy atom. The summed E-state index contributed by atoms with van der Waals surface area (Å²) >= 11 is 0. The van der Waals surface area contributed by atoms with Crippen LogP contribution in [0.4, 0.5) is 5.69 Å². The molecular formula is C15H21NO2. The SMILES string of the molecule is Cc1ccc(C2(C(=O)O)CCCC2)c(N(C)C)c1. The van der Waals surface area contributed by atoms with Crippen LogP contribution in [0.2, 0.25) is 0 Å². The van der Waals surface area contributed by atoms with Gasteiger partial charge in [-0.2, -0.15) is 0 Å². The maximum atomic E-state index is 11.8. The fourth-order valence-corrected chi connectivity index (χ4v) is 2.99. The number of carbonyl (C=O) groups is 1. The van der Waals surface area contributed by atoms with Crippen molar-refractivity contribution in [3.63, 3.8) is 0 Å². The van der Waals surface area contributed by atoms with E-state index in [2.05, 4.69) is 6.07 Å². The van der Waals surface area contributed by atoms with Crippen LogP contribution in [-0.4, -0.2) is 25.2 Å². The minimum atomic E-state index is -0.674. The van der Waals surface area contributed by atoms with Gasteiger partial charge in [-0.05, 0) is 37.0 Å². The highest BCUT2D eigenvalue weighted by atomic mass is 16.4. The number of aliphatic carboxylic acids is 1. The molecule has 0 bridgehead atoms. The van der Waals surface area contributed by atoms with Crippen LogP contribution in [0.15, 0.2) is 18.2 Å². The van der Waals surface area contributed by atoms with Gasteiger partial charge in [-0.25, -0.2) is 0 Å². The molecule has 1 aromatic rings. The molecule has 0 heterocycles. The highest BCUT2D eigenvalue weighted by molar-refractivity contribution is 5.84. The number of rotatable bonds is 3. The molecule has 3 nitrogen and oxygen atoms in total. The quantitative estimate of drug-likeness (QED) is 0.892. The third-order valence-electron chi connectivity index (χ3n) is 4.02. The van der Waals surface area contributed by atoms with E-state index < -0.39 is 11.4 Å². The largest absolute Gasteiger partial charge is 0.481 e. The molecule has 0 aromatic heterocycles. The summed E-state index contributed by atoms with van der Waals surface area (Å²) in [5, 5.41) is 9.67. The van der Waals surface area contributed by atoms with Crippen molar-refractivity contribution in [2.75, 3.05) is 19.0 Å². The summed E-state index contributed by atoms with van der Waals surface area (Å²) in [5.41, 5.74) is 2.51. The van der Waals surface area contributed by atoms with Crippen LogP contribution >= 0.6 is 0 Å². The molecule has 1 aliphatic carbocycles. The monoisotopic (exact) mass is 247 g/mol. The molecule has 0 unspecified atom stereocenters. The predicted octanol–water partition coefficient (Wildman–Crippen LogP) is 2.96. The molecule has 1 N–H and O–H groups in total. The molecule has 0 aliphatic heterocycles. The number of nitrogens with zero attached hydrogens (tertiary/aromatic N) is 1. The molecule has 0 spiro atoms. The Labute approximate surface area is 108 Å². The van der Waals surface area contributed by atoms with Gasteiger partial charge < -0.3 is 10.0 Å². The van der Waals surface area contributed by atoms with Crippen molar-refractivity contribution in [3.8, 4) is 0 Å². The highest BCUT2D eigenvalue weighted by Gasteiger charge is 2.44. The lowest BCUT2D eigenvalue weighted by molar-refractivity contribution is -0.143. The van der Waals surface area contributed by atoms with Crippen LogP contribution in [0.5, 0.6) is 0 Å². The molecule has 3 heteroatoms. The van der Waals surface area contributed by atoms with E-state index in [9.17, 15) is 9.90 Å². The van der Waals surface area contributed by atoms with Gasteiger partial charge in [0.2, 0.25) is 0 Å². The normalized spacial score (nSPS) is 17.7. The van der Waals surface area contributed by atoms with Gasteiger partial charge in [0, 0.05) is 19.8 Å². The van der Waals surface area contributed by atoms with E-state index >= 15 is 0 Å². The number of benzene rings is 1. The van der Waals surface area contributed by atoms with Crippen molar-refractivity contribution >= 4 is 11.7 Å². The number of hydrogen-bond donors (Lipinski definition) is 1. The van der Waals surface area contributed by atoms with E-state index in [1.165, 1.54) is 5.56 Å². The van der Waals surface area contributed by atoms with Crippen molar-refractivity contribution in [3.05, 3.63) is 29.3 Å². The minimum absolute atomic E-state index is 0.673. The third kappa shape index (κ3) is 1.98. The fourth-order valence-electron chi connectivity index (χ4n) is 2.99. The van der Waals surface area contributed by atoms with E-state index in [-0.39, 0.29) is 0 Å². The molecule has 1 aliphatic rings. The van der Waals surface area contributed by atoms with Gasteiger partial charge in [-0.1, -0.05) is 25.0 Å². The van der Waals surface area contributed by atoms with Gasteiger partial charge in [-0.15, -0.1) is 0 Å². The molecule has 98 valence electrons. The van der Waals surface area contributed by atoms with Crippen molar-refractivity contribution in [2.45, 2.75) is 38.0 Å². The summed E-state index contributed by atoms with van der Waals surface area (Å²) in [6.07, 6.45) is 3.53. The van der Waals surface area contributed by atoms with Crippen LogP contribution in [0.3, 0.4) is 0 Å².